The number of carbonyl (C=O) groups is 1. The number of nitrogens with one attached hydrogen (secondary N) is 1. The first-order valence-electron chi connectivity index (χ1n) is 9.41. The molecule has 0 unspecified atom stereocenters. The summed E-state index contributed by atoms with van der Waals surface area (Å²) in [4.78, 5) is 10.6. The van der Waals surface area contributed by atoms with Crippen molar-refractivity contribution < 1.29 is 14.6 Å². The van der Waals surface area contributed by atoms with Gasteiger partial charge in [-0.3, -0.25) is 4.79 Å². The lowest BCUT2D eigenvalue weighted by molar-refractivity contribution is -0.136. The number of ether oxygens (including phenoxy) is 1. The smallest absolute Gasteiger partial charge is 0.303 e. The van der Waals surface area contributed by atoms with Crippen LogP contribution in [0.2, 0.25) is 0 Å². The number of carboxylic acid groups (broad SMARTS) is 1. The molecule has 4 nitrogen and oxygen atoms in total. The second-order valence-electron chi connectivity index (χ2n) is 6.81. The van der Waals surface area contributed by atoms with E-state index < -0.39 is 5.97 Å². The van der Waals surface area contributed by atoms with E-state index in [4.69, 9.17) is 9.84 Å². The predicted molar refractivity (Wildman–Crippen MR) is 112 cm³/mol. The summed E-state index contributed by atoms with van der Waals surface area (Å²) in [5.41, 5.74) is 5.72. The van der Waals surface area contributed by atoms with Gasteiger partial charge in [0.25, 0.3) is 0 Å². The van der Waals surface area contributed by atoms with Crippen LogP contribution >= 0.6 is 0 Å². The summed E-state index contributed by atoms with van der Waals surface area (Å²) in [7, 11) is 0. The van der Waals surface area contributed by atoms with Gasteiger partial charge in [0.1, 0.15) is 12.4 Å². The minimum absolute atomic E-state index is 0.144. The van der Waals surface area contributed by atoms with Crippen molar-refractivity contribution >= 4 is 11.7 Å². The molecule has 0 fully saturated rings. The van der Waals surface area contributed by atoms with E-state index in [9.17, 15) is 4.79 Å². The van der Waals surface area contributed by atoms with Crippen molar-refractivity contribution in [3.05, 3.63) is 95.1 Å². The van der Waals surface area contributed by atoms with Gasteiger partial charge in [0.15, 0.2) is 0 Å². The van der Waals surface area contributed by atoms with E-state index in [1.807, 2.05) is 36.4 Å². The predicted octanol–water partition coefficient (Wildman–Crippen LogP) is 5.20. The van der Waals surface area contributed by atoms with Gasteiger partial charge in [0.05, 0.1) is 0 Å². The third-order valence-electron chi connectivity index (χ3n) is 4.61. The molecule has 28 heavy (non-hydrogen) atoms. The molecule has 0 aromatic heterocycles. The second-order valence-corrected chi connectivity index (χ2v) is 6.81. The zero-order valence-corrected chi connectivity index (χ0v) is 16.0. The number of aryl methyl sites for hydroxylation is 2. The molecule has 0 saturated carbocycles. The highest BCUT2D eigenvalue weighted by Gasteiger charge is 2.02. The summed E-state index contributed by atoms with van der Waals surface area (Å²) < 4.78 is 5.83. The fourth-order valence-corrected chi connectivity index (χ4v) is 2.89. The molecule has 0 aliphatic heterocycles. The highest BCUT2D eigenvalue weighted by molar-refractivity contribution is 5.67. The van der Waals surface area contributed by atoms with Crippen LogP contribution in [0.1, 0.15) is 28.7 Å². The van der Waals surface area contributed by atoms with Crippen LogP contribution < -0.4 is 10.1 Å². The fraction of sp³-hybridized carbons (Fsp3) is 0.208. The Morgan fingerprint density at radius 1 is 0.893 bits per heavy atom. The molecule has 0 aliphatic carbocycles. The average molecular weight is 375 g/mol. The Morgan fingerprint density at radius 2 is 1.54 bits per heavy atom. The first-order valence-corrected chi connectivity index (χ1v) is 9.41. The Hall–Kier alpha value is -3.27. The largest absolute Gasteiger partial charge is 0.489 e. The summed E-state index contributed by atoms with van der Waals surface area (Å²) in [6.45, 7) is 3.38. The Bertz CT molecular complexity index is 902. The van der Waals surface area contributed by atoms with E-state index in [1.54, 1.807) is 0 Å². The third-order valence-corrected chi connectivity index (χ3v) is 4.61. The van der Waals surface area contributed by atoms with Crippen molar-refractivity contribution in [2.45, 2.75) is 32.9 Å². The molecule has 3 aromatic rings. The van der Waals surface area contributed by atoms with Gasteiger partial charge >= 0.3 is 5.97 Å². The van der Waals surface area contributed by atoms with Gasteiger partial charge < -0.3 is 15.2 Å². The van der Waals surface area contributed by atoms with Gasteiger partial charge in [-0.1, -0.05) is 54.6 Å². The molecule has 0 radical (unpaired) electrons. The number of carboxylic acids is 1. The summed E-state index contributed by atoms with van der Waals surface area (Å²) >= 11 is 0. The fourth-order valence-electron chi connectivity index (χ4n) is 2.89. The highest BCUT2D eigenvalue weighted by Crippen LogP contribution is 2.17. The van der Waals surface area contributed by atoms with Crippen LogP contribution in [0, 0.1) is 6.92 Å². The van der Waals surface area contributed by atoms with Crippen molar-refractivity contribution in [3.63, 3.8) is 0 Å². The van der Waals surface area contributed by atoms with Crippen molar-refractivity contribution in [2.75, 3.05) is 5.32 Å². The molecule has 0 aliphatic rings. The number of aliphatic carboxylic acids is 1. The maximum absolute atomic E-state index is 10.6. The van der Waals surface area contributed by atoms with E-state index in [0.717, 1.165) is 29.1 Å². The van der Waals surface area contributed by atoms with E-state index in [0.29, 0.717) is 13.0 Å². The lowest BCUT2D eigenvalue weighted by Crippen LogP contribution is -2.01. The van der Waals surface area contributed by atoms with E-state index >= 15 is 0 Å². The number of benzene rings is 3. The maximum atomic E-state index is 10.6. The molecule has 3 aromatic carbocycles. The van der Waals surface area contributed by atoms with Crippen LogP contribution in [0.15, 0.2) is 72.8 Å². The van der Waals surface area contributed by atoms with E-state index in [2.05, 4.69) is 48.6 Å². The molecule has 0 heterocycles. The number of rotatable bonds is 9. The summed E-state index contributed by atoms with van der Waals surface area (Å²) in [6.07, 6.45) is 0.679. The van der Waals surface area contributed by atoms with Crippen LogP contribution in [0.3, 0.4) is 0 Å². The molecular formula is C24H25NO3. The Kier molecular flexibility index (Phi) is 6.68. The normalized spacial score (nSPS) is 10.5. The third kappa shape index (κ3) is 5.88. The minimum Gasteiger partial charge on any atom is -0.489 e. The number of para-hydroxylation sites is 1. The van der Waals surface area contributed by atoms with Gasteiger partial charge in [-0.05, 0) is 53.8 Å². The molecule has 0 saturated heterocycles. The lowest BCUT2D eigenvalue weighted by atomic mass is 10.1. The van der Waals surface area contributed by atoms with Crippen molar-refractivity contribution in [3.8, 4) is 5.75 Å². The second kappa shape index (κ2) is 9.60. The average Bonchev–Trinajstić information content (AvgIpc) is 2.71. The Labute approximate surface area is 165 Å². The molecule has 0 amide bonds. The highest BCUT2D eigenvalue weighted by atomic mass is 16.5. The standard InChI is InChI=1S/C24H25NO3/c1-18-4-2-3-5-23(18)25-16-20-6-8-21(9-7-20)17-28-22-13-10-19(11-14-22)12-15-24(26)27/h2-11,13-14,25H,12,15-17H2,1H3,(H,26,27). The van der Waals surface area contributed by atoms with Gasteiger partial charge in [0, 0.05) is 18.7 Å². The van der Waals surface area contributed by atoms with Crippen molar-refractivity contribution in [1.82, 2.24) is 0 Å². The summed E-state index contributed by atoms with van der Waals surface area (Å²) in [6, 6.07) is 24.2. The van der Waals surface area contributed by atoms with Gasteiger partial charge in [-0.25, -0.2) is 0 Å². The zero-order valence-electron chi connectivity index (χ0n) is 16.0. The number of anilines is 1. The van der Waals surface area contributed by atoms with E-state index in [-0.39, 0.29) is 6.42 Å². The monoisotopic (exact) mass is 375 g/mol. The molecule has 3 rings (SSSR count). The molecule has 144 valence electrons. The molecule has 4 heteroatoms. The number of hydrogen-bond acceptors (Lipinski definition) is 3. The van der Waals surface area contributed by atoms with Gasteiger partial charge in [0.2, 0.25) is 0 Å². The first kappa shape index (κ1) is 19.5. The molecule has 0 atom stereocenters. The molecular weight excluding hydrogens is 350 g/mol. The SMILES string of the molecule is Cc1ccccc1NCc1ccc(COc2ccc(CCC(=O)O)cc2)cc1. The van der Waals surface area contributed by atoms with E-state index in [1.165, 1.54) is 11.1 Å². The zero-order chi connectivity index (χ0) is 19.8. The van der Waals surface area contributed by atoms with Crippen LogP contribution in [-0.4, -0.2) is 11.1 Å². The molecule has 0 spiro atoms. The first-order chi connectivity index (χ1) is 13.6. The van der Waals surface area contributed by atoms with Crippen molar-refractivity contribution in [2.24, 2.45) is 0 Å². The maximum Gasteiger partial charge on any atom is 0.303 e. The molecule has 2 N–H and O–H groups in total. The van der Waals surface area contributed by atoms with Crippen LogP contribution in [0.25, 0.3) is 0 Å². The molecule has 0 bridgehead atoms. The van der Waals surface area contributed by atoms with Crippen LogP contribution in [0.4, 0.5) is 5.69 Å². The number of hydrogen-bond donors (Lipinski definition) is 2. The van der Waals surface area contributed by atoms with Crippen LogP contribution in [0.5, 0.6) is 5.75 Å². The van der Waals surface area contributed by atoms with Crippen molar-refractivity contribution in [1.29, 1.82) is 0 Å². The van der Waals surface area contributed by atoms with Crippen LogP contribution in [-0.2, 0) is 24.4 Å². The Balaban J connectivity index is 1.47. The Morgan fingerprint density at radius 3 is 2.21 bits per heavy atom. The summed E-state index contributed by atoms with van der Waals surface area (Å²) in [5, 5.41) is 12.2. The minimum atomic E-state index is -0.780. The van der Waals surface area contributed by atoms with Gasteiger partial charge in [-0.15, -0.1) is 0 Å². The summed E-state index contributed by atoms with van der Waals surface area (Å²) in [5.74, 6) is 0.00208. The quantitative estimate of drug-likeness (QED) is 0.539. The van der Waals surface area contributed by atoms with Gasteiger partial charge in [-0.2, -0.15) is 0 Å². The lowest BCUT2D eigenvalue weighted by Gasteiger charge is -2.10. The topological polar surface area (TPSA) is 58.6 Å².